The minimum absolute atomic E-state index is 0.410. The normalized spacial score (nSPS) is 14.2. The second-order valence-electron chi connectivity index (χ2n) is 5.94. The van der Waals surface area contributed by atoms with Gasteiger partial charge < -0.3 is 19.1 Å². The van der Waals surface area contributed by atoms with Crippen LogP contribution in [-0.4, -0.2) is 43.6 Å². The summed E-state index contributed by atoms with van der Waals surface area (Å²) in [6.45, 7) is 5.81. The summed E-state index contributed by atoms with van der Waals surface area (Å²) in [5.41, 5.74) is 1.91. The van der Waals surface area contributed by atoms with Crippen LogP contribution in [-0.2, 0) is 11.3 Å². The third-order valence-electron chi connectivity index (χ3n) is 4.14. The topological polar surface area (TPSA) is 54.8 Å². The highest BCUT2D eigenvalue weighted by atomic mass is 79.9. The van der Waals surface area contributed by atoms with Crippen LogP contribution in [0.25, 0.3) is 0 Å². The zero-order valence-electron chi connectivity index (χ0n) is 14.8. The summed E-state index contributed by atoms with van der Waals surface area (Å²) in [5.74, 6) is 1.95. The maximum atomic E-state index is 8.44. The van der Waals surface area contributed by atoms with E-state index < -0.39 is 0 Å². The molecule has 1 heterocycles. The molecule has 0 radical (unpaired) electrons. The first-order valence-corrected chi connectivity index (χ1v) is 9.53. The van der Waals surface area contributed by atoms with Gasteiger partial charge in [0.15, 0.2) is 11.5 Å². The lowest BCUT2D eigenvalue weighted by atomic mass is 10.1. The van der Waals surface area contributed by atoms with Crippen molar-refractivity contribution < 1.29 is 14.2 Å². The third-order valence-corrected chi connectivity index (χ3v) is 4.77. The molecule has 0 bridgehead atoms. The van der Waals surface area contributed by atoms with Crippen molar-refractivity contribution in [3.8, 4) is 11.5 Å². The molecule has 0 atom stereocenters. The van der Waals surface area contributed by atoms with E-state index in [2.05, 4.69) is 15.9 Å². The van der Waals surface area contributed by atoms with Gasteiger partial charge in [0.25, 0.3) is 0 Å². The Labute approximate surface area is 162 Å². The fourth-order valence-corrected chi connectivity index (χ4v) is 3.29. The number of hydrogen-bond donors (Lipinski definition) is 1. The first-order valence-electron chi connectivity index (χ1n) is 8.73. The van der Waals surface area contributed by atoms with Gasteiger partial charge in [-0.3, -0.25) is 5.41 Å². The Balaban J connectivity index is 1.71. The Morgan fingerprint density at radius 3 is 2.69 bits per heavy atom. The lowest BCUT2D eigenvalue weighted by Crippen LogP contribution is -2.40. The van der Waals surface area contributed by atoms with Crippen molar-refractivity contribution in [1.82, 2.24) is 4.90 Å². The number of halogens is 1. The van der Waals surface area contributed by atoms with Crippen LogP contribution in [0.3, 0.4) is 0 Å². The number of morpholine rings is 1. The van der Waals surface area contributed by atoms with Crippen molar-refractivity contribution >= 4 is 21.8 Å². The zero-order chi connectivity index (χ0) is 18.4. The molecule has 0 amide bonds. The lowest BCUT2D eigenvalue weighted by Gasteiger charge is -2.29. The van der Waals surface area contributed by atoms with Gasteiger partial charge in [-0.25, -0.2) is 0 Å². The molecule has 5 nitrogen and oxygen atoms in total. The number of hydrogen-bond acceptors (Lipinski definition) is 4. The third kappa shape index (κ3) is 4.56. The summed E-state index contributed by atoms with van der Waals surface area (Å²) in [6, 6.07) is 13.7. The predicted octanol–water partition coefficient (Wildman–Crippen LogP) is 4.08. The van der Waals surface area contributed by atoms with Gasteiger partial charge >= 0.3 is 0 Å². The zero-order valence-corrected chi connectivity index (χ0v) is 16.4. The Morgan fingerprint density at radius 2 is 1.92 bits per heavy atom. The Morgan fingerprint density at radius 1 is 1.15 bits per heavy atom. The molecule has 138 valence electrons. The van der Waals surface area contributed by atoms with E-state index in [0.29, 0.717) is 38.0 Å². The standard InChI is InChI=1S/C20H23BrN2O3/c1-2-25-18-8-4-7-17(21)19(18)26-14-15-5-3-6-16(13-15)20(22)23-9-11-24-12-10-23/h3-8,13,22H,2,9-12,14H2,1H3. The smallest absolute Gasteiger partial charge is 0.175 e. The van der Waals surface area contributed by atoms with Gasteiger partial charge in [0.1, 0.15) is 12.4 Å². The van der Waals surface area contributed by atoms with Crippen LogP contribution in [0, 0.1) is 5.41 Å². The number of amidine groups is 1. The Hall–Kier alpha value is -2.05. The molecule has 0 aromatic heterocycles. The molecule has 1 saturated heterocycles. The number of rotatable bonds is 6. The van der Waals surface area contributed by atoms with Crippen molar-refractivity contribution in [3.63, 3.8) is 0 Å². The molecule has 1 N–H and O–H groups in total. The number of ether oxygens (including phenoxy) is 3. The van der Waals surface area contributed by atoms with Crippen LogP contribution in [0.5, 0.6) is 11.5 Å². The Bertz CT molecular complexity index is 760. The van der Waals surface area contributed by atoms with Crippen LogP contribution >= 0.6 is 15.9 Å². The first kappa shape index (κ1) is 18.7. The van der Waals surface area contributed by atoms with Crippen LogP contribution in [0.4, 0.5) is 0 Å². The van der Waals surface area contributed by atoms with E-state index in [4.69, 9.17) is 19.6 Å². The molecular formula is C20H23BrN2O3. The van der Waals surface area contributed by atoms with Gasteiger partial charge in [-0.05, 0) is 46.6 Å². The van der Waals surface area contributed by atoms with Crippen LogP contribution in [0.2, 0.25) is 0 Å². The van der Waals surface area contributed by atoms with Crippen molar-refractivity contribution in [2.24, 2.45) is 0 Å². The molecule has 3 rings (SSSR count). The first-order chi connectivity index (χ1) is 12.7. The van der Waals surface area contributed by atoms with E-state index in [9.17, 15) is 0 Å². The molecule has 1 aliphatic rings. The maximum absolute atomic E-state index is 8.44. The SMILES string of the molecule is CCOc1cccc(Br)c1OCc1cccc(C(=N)N2CCOCC2)c1. The molecule has 0 unspecified atom stereocenters. The highest BCUT2D eigenvalue weighted by molar-refractivity contribution is 9.10. The van der Waals surface area contributed by atoms with Crippen LogP contribution < -0.4 is 9.47 Å². The minimum atomic E-state index is 0.410. The van der Waals surface area contributed by atoms with Gasteiger partial charge in [0, 0.05) is 18.7 Å². The molecule has 0 spiro atoms. The molecule has 1 fully saturated rings. The fourth-order valence-electron chi connectivity index (χ4n) is 2.83. The van der Waals surface area contributed by atoms with Crippen LogP contribution in [0.1, 0.15) is 18.1 Å². The summed E-state index contributed by atoms with van der Waals surface area (Å²) in [6.07, 6.45) is 0. The predicted molar refractivity (Wildman–Crippen MR) is 105 cm³/mol. The van der Waals surface area contributed by atoms with E-state index in [-0.39, 0.29) is 0 Å². The second kappa shape index (κ2) is 9.05. The summed E-state index contributed by atoms with van der Waals surface area (Å²) >= 11 is 3.52. The Kier molecular flexibility index (Phi) is 6.52. The van der Waals surface area contributed by atoms with Crippen molar-refractivity contribution in [3.05, 3.63) is 58.1 Å². The quantitative estimate of drug-likeness (QED) is 0.566. The number of nitrogens with one attached hydrogen (secondary N) is 1. The van der Waals surface area contributed by atoms with E-state index in [1.165, 1.54) is 0 Å². The molecule has 1 aliphatic heterocycles. The van der Waals surface area contributed by atoms with Gasteiger partial charge in [-0.15, -0.1) is 0 Å². The molecule has 2 aromatic carbocycles. The monoisotopic (exact) mass is 418 g/mol. The summed E-state index contributed by atoms with van der Waals surface area (Å²) in [7, 11) is 0. The molecule has 2 aromatic rings. The van der Waals surface area contributed by atoms with Gasteiger partial charge in [-0.1, -0.05) is 24.3 Å². The number of nitrogens with zero attached hydrogens (tertiary/aromatic N) is 1. The second-order valence-corrected chi connectivity index (χ2v) is 6.79. The average Bonchev–Trinajstić information content (AvgIpc) is 2.68. The average molecular weight is 419 g/mol. The summed E-state index contributed by atoms with van der Waals surface area (Å²) in [5, 5.41) is 8.44. The number of para-hydroxylation sites is 1. The van der Waals surface area contributed by atoms with Crippen molar-refractivity contribution in [1.29, 1.82) is 5.41 Å². The van der Waals surface area contributed by atoms with Crippen LogP contribution in [0.15, 0.2) is 46.9 Å². The minimum Gasteiger partial charge on any atom is -0.490 e. The van der Waals surface area contributed by atoms with E-state index in [1.807, 2.05) is 54.3 Å². The highest BCUT2D eigenvalue weighted by Crippen LogP contribution is 2.35. The lowest BCUT2D eigenvalue weighted by molar-refractivity contribution is 0.0680. The maximum Gasteiger partial charge on any atom is 0.175 e. The largest absolute Gasteiger partial charge is 0.490 e. The highest BCUT2D eigenvalue weighted by Gasteiger charge is 2.16. The molecule has 0 aliphatic carbocycles. The van der Waals surface area contributed by atoms with Gasteiger partial charge in [-0.2, -0.15) is 0 Å². The van der Waals surface area contributed by atoms with Crippen molar-refractivity contribution in [2.45, 2.75) is 13.5 Å². The van der Waals surface area contributed by atoms with Gasteiger partial charge in [0.05, 0.1) is 24.3 Å². The van der Waals surface area contributed by atoms with E-state index >= 15 is 0 Å². The summed E-state index contributed by atoms with van der Waals surface area (Å²) < 4.78 is 17.9. The van der Waals surface area contributed by atoms with E-state index in [1.54, 1.807) is 0 Å². The molecule has 0 saturated carbocycles. The molecule has 6 heteroatoms. The molecule has 26 heavy (non-hydrogen) atoms. The molecular weight excluding hydrogens is 396 g/mol. The van der Waals surface area contributed by atoms with E-state index in [0.717, 1.165) is 34.4 Å². The summed E-state index contributed by atoms with van der Waals surface area (Å²) in [4.78, 5) is 2.05. The van der Waals surface area contributed by atoms with Gasteiger partial charge in [0.2, 0.25) is 0 Å². The van der Waals surface area contributed by atoms with Crippen molar-refractivity contribution in [2.75, 3.05) is 32.9 Å². The fraction of sp³-hybridized carbons (Fsp3) is 0.350. The number of benzene rings is 2.